The maximum absolute atomic E-state index is 11.6. The van der Waals surface area contributed by atoms with E-state index in [1.54, 1.807) is 12.1 Å². The second-order valence-electron chi connectivity index (χ2n) is 8.40. The first-order valence-electron chi connectivity index (χ1n) is 7.82. The summed E-state index contributed by atoms with van der Waals surface area (Å²) >= 11 is 0. The van der Waals surface area contributed by atoms with Gasteiger partial charge < -0.3 is 24.7 Å². The molecular weight excluding hydrogens is 366 g/mol. The van der Waals surface area contributed by atoms with Gasteiger partial charge in [0.25, 0.3) is 0 Å². The minimum Gasteiger partial charge on any atom is -0.507 e. The number of aromatic hydroxyl groups is 1. The van der Waals surface area contributed by atoms with Crippen LogP contribution in [0.3, 0.4) is 0 Å². The lowest BCUT2D eigenvalue weighted by atomic mass is 9.78. The Morgan fingerprint density at radius 3 is 1.40 bits per heavy atom. The van der Waals surface area contributed by atoms with Gasteiger partial charge >= 0.3 is 15.2 Å². The van der Waals surface area contributed by atoms with E-state index in [1.807, 2.05) is 41.5 Å². The molecular formula is C16H28O7P2. The smallest absolute Gasteiger partial charge is 0.341 e. The van der Waals surface area contributed by atoms with Gasteiger partial charge in [0, 0.05) is 0 Å². The number of rotatable bonds is 4. The van der Waals surface area contributed by atoms with Crippen LogP contribution >= 0.6 is 15.2 Å². The van der Waals surface area contributed by atoms with Gasteiger partial charge in [0.05, 0.1) is 0 Å². The van der Waals surface area contributed by atoms with Gasteiger partial charge in [-0.1, -0.05) is 53.7 Å². The molecule has 0 fully saturated rings. The van der Waals surface area contributed by atoms with E-state index in [4.69, 9.17) is 0 Å². The minimum absolute atomic E-state index is 0.0904. The Labute approximate surface area is 148 Å². The minimum atomic E-state index is -5.01. The zero-order valence-electron chi connectivity index (χ0n) is 15.4. The highest BCUT2D eigenvalue weighted by molar-refractivity contribution is 7.70. The van der Waals surface area contributed by atoms with E-state index < -0.39 is 37.8 Å². The van der Waals surface area contributed by atoms with Crippen molar-refractivity contribution in [2.45, 2.75) is 64.2 Å². The average molecular weight is 394 g/mol. The summed E-state index contributed by atoms with van der Waals surface area (Å²) in [5, 5.41) is 8.52. The molecule has 0 saturated heterocycles. The van der Waals surface area contributed by atoms with Crippen molar-refractivity contribution in [3.63, 3.8) is 0 Å². The van der Waals surface area contributed by atoms with Crippen molar-refractivity contribution in [2.75, 3.05) is 0 Å². The maximum atomic E-state index is 11.6. The van der Waals surface area contributed by atoms with Crippen LogP contribution in [0.25, 0.3) is 0 Å². The fourth-order valence-corrected chi connectivity index (χ4v) is 5.07. The highest BCUT2D eigenvalue weighted by atomic mass is 31.2. The largest absolute Gasteiger partial charge is 0.507 e. The summed E-state index contributed by atoms with van der Waals surface area (Å²) in [7, 11) is -10.0. The highest BCUT2D eigenvalue weighted by Crippen LogP contribution is 2.61. The third-order valence-corrected chi connectivity index (χ3v) is 7.70. The van der Waals surface area contributed by atoms with Gasteiger partial charge in [0.2, 0.25) is 0 Å². The van der Waals surface area contributed by atoms with Crippen molar-refractivity contribution >= 4 is 15.2 Å². The standard InChI is InChI=1S/C16H28O7P2/c1-15(2,3)11-7-10(8-12(14(11)17)16(4,5)6)9-13(24(18,19)20)25(21,22)23/h7-8,13,17H,9H2,1-6H3,(H2,18,19,20)(H2,21,22,23). The number of phenolic OH excluding ortho intramolecular Hbond substituents is 1. The van der Waals surface area contributed by atoms with Gasteiger partial charge in [0.1, 0.15) is 5.75 Å². The summed E-state index contributed by atoms with van der Waals surface area (Å²) in [6.45, 7) is 11.3. The Morgan fingerprint density at radius 1 is 0.840 bits per heavy atom. The molecule has 0 aliphatic rings. The van der Waals surface area contributed by atoms with Crippen LogP contribution in [0.2, 0.25) is 0 Å². The van der Waals surface area contributed by atoms with E-state index in [0.717, 1.165) is 0 Å². The fourth-order valence-electron chi connectivity index (χ4n) is 2.60. The van der Waals surface area contributed by atoms with Gasteiger partial charge in [-0.2, -0.15) is 0 Å². The van der Waals surface area contributed by atoms with E-state index in [0.29, 0.717) is 16.7 Å². The van der Waals surface area contributed by atoms with Crippen LogP contribution in [0.5, 0.6) is 5.75 Å². The van der Waals surface area contributed by atoms with Crippen LogP contribution in [0.4, 0.5) is 0 Å². The second-order valence-corrected chi connectivity index (χ2v) is 12.4. The van der Waals surface area contributed by atoms with E-state index in [-0.39, 0.29) is 5.75 Å². The summed E-state index contributed by atoms with van der Waals surface area (Å²) < 4.78 is 23.1. The monoisotopic (exact) mass is 394 g/mol. The van der Waals surface area contributed by atoms with E-state index >= 15 is 0 Å². The first-order valence-corrected chi connectivity index (χ1v) is 11.2. The summed E-state index contributed by atoms with van der Waals surface area (Å²) in [6, 6.07) is 3.12. The molecule has 1 rings (SSSR count). The lowest BCUT2D eigenvalue weighted by Crippen LogP contribution is -2.19. The molecule has 0 aromatic heterocycles. The Bertz CT molecular complexity index is 675. The first-order chi connectivity index (χ1) is 10.8. The van der Waals surface area contributed by atoms with Crippen LogP contribution < -0.4 is 0 Å². The third-order valence-electron chi connectivity index (χ3n) is 3.98. The van der Waals surface area contributed by atoms with Gasteiger partial charge in [-0.05, 0) is 33.9 Å². The Kier molecular flexibility index (Phi) is 6.09. The molecule has 0 heterocycles. The molecule has 9 heteroatoms. The molecule has 0 aliphatic carbocycles. The number of phenols is 1. The molecule has 7 nitrogen and oxygen atoms in total. The molecule has 0 unspecified atom stereocenters. The maximum Gasteiger partial charge on any atom is 0.341 e. The summed E-state index contributed by atoms with van der Waals surface area (Å²) in [5.74, 6) is 0.0904. The van der Waals surface area contributed by atoms with Crippen LogP contribution in [0.15, 0.2) is 12.1 Å². The van der Waals surface area contributed by atoms with Crippen LogP contribution in [0, 0.1) is 0 Å². The van der Waals surface area contributed by atoms with E-state index in [1.165, 1.54) is 0 Å². The fraction of sp³-hybridized carbons (Fsp3) is 0.625. The lowest BCUT2D eigenvalue weighted by molar-refractivity contribution is 0.338. The quantitative estimate of drug-likeness (QED) is 0.495. The first kappa shape index (κ1) is 22.4. The van der Waals surface area contributed by atoms with Gasteiger partial charge in [-0.15, -0.1) is 0 Å². The van der Waals surface area contributed by atoms with Crippen molar-refractivity contribution in [1.82, 2.24) is 0 Å². The molecule has 1 aromatic rings. The van der Waals surface area contributed by atoms with Crippen molar-refractivity contribution in [1.29, 1.82) is 0 Å². The molecule has 0 spiro atoms. The molecule has 144 valence electrons. The topological polar surface area (TPSA) is 135 Å². The zero-order valence-corrected chi connectivity index (χ0v) is 17.2. The van der Waals surface area contributed by atoms with Gasteiger partial charge in [-0.3, -0.25) is 9.13 Å². The van der Waals surface area contributed by atoms with Crippen LogP contribution in [-0.4, -0.2) is 30.1 Å². The molecule has 25 heavy (non-hydrogen) atoms. The second kappa shape index (κ2) is 6.80. The Morgan fingerprint density at radius 2 is 1.16 bits per heavy atom. The molecule has 1 aromatic carbocycles. The molecule has 0 saturated carbocycles. The highest BCUT2D eigenvalue weighted by Gasteiger charge is 2.43. The molecule has 0 atom stereocenters. The van der Waals surface area contributed by atoms with E-state index in [9.17, 15) is 33.8 Å². The molecule has 0 radical (unpaired) electrons. The van der Waals surface area contributed by atoms with Crippen molar-refractivity contribution in [2.24, 2.45) is 0 Å². The SMILES string of the molecule is CC(C)(C)c1cc(CC(P(=O)(O)O)P(=O)(O)O)cc(C(C)(C)C)c1O. The lowest BCUT2D eigenvalue weighted by Gasteiger charge is -2.29. The molecule has 5 N–H and O–H groups in total. The van der Waals surface area contributed by atoms with Gasteiger partial charge in [-0.25, -0.2) is 0 Å². The summed E-state index contributed by atoms with van der Waals surface area (Å²) in [4.78, 5) is 37.4. The Balaban J connectivity index is 3.61. The normalized spacial score (nSPS) is 14.2. The number of hydrogen-bond acceptors (Lipinski definition) is 3. The predicted molar refractivity (Wildman–Crippen MR) is 97.1 cm³/mol. The third kappa shape index (κ3) is 5.65. The van der Waals surface area contributed by atoms with Gasteiger partial charge in [0.15, 0.2) is 5.40 Å². The van der Waals surface area contributed by atoms with Crippen LogP contribution in [0.1, 0.15) is 58.2 Å². The van der Waals surface area contributed by atoms with E-state index in [2.05, 4.69) is 0 Å². The number of benzene rings is 1. The van der Waals surface area contributed by atoms with Crippen LogP contribution in [-0.2, 0) is 26.4 Å². The number of hydrogen-bond donors (Lipinski definition) is 5. The van der Waals surface area contributed by atoms with Crippen molar-refractivity contribution in [3.8, 4) is 5.75 Å². The van der Waals surface area contributed by atoms with Crippen molar-refractivity contribution in [3.05, 3.63) is 28.8 Å². The summed E-state index contributed by atoms with van der Waals surface area (Å²) in [5.41, 5.74) is 0.569. The van der Waals surface area contributed by atoms with Crippen molar-refractivity contribution < 1.29 is 33.8 Å². The predicted octanol–water partition coefficient (Wildman–Crippen LogP) is 3.21. The molecule has 0 amide bonds. The summed E-state index contributed by atoms with van der Waals surface area (Å²) in [6.07, 6.45) is -0.485. The average Bonchev–Trinajstić information content (AvgIpc) is 2.31. The zero-order chi connectivity index (χ0) is 20.0. The molecule has 0 bridgehead atoms. The molecule has 0 aliphatic heterocycles. The Hall–Kier alpha value is -0.680.